The van der Waals surface area contributed by atoms with E-state index in [0.717, 1.165) is 5.56 Å². The van der Waals surface area contributed by atoms with Gasteiger partial charge in [0.1, 0.15) is 16.9 Å². The van der Waals surface area contributed by atoms with E-state index in [2.05, 4.69) is 10.3 Å². The first-order chi connectivity index (χ1) is 10.3. The summed E-state index contributed by atoms with van der Waals surface area (Å²) in [6.07, 6.45) is 0.939. The van der Waals surface area contributed by atoms with Crippen molar-refractivity contribution in [3.63, 3.8) is 0 Å². The largest absolute Gasteiger partial charge is 0.413 e. The Kier molecular flexibility index (Phi) is 5.15. The summed E-state index contributed by atoms with van der Waals surface area (Å²) in [5.74, 6) is 0.450. The number of aliphatic hydroxyl groups is 1. The normalized spacial score (nSPS) is 12.7. The van der Waals surface area contributed by atoms with Crippen molar-refractivity contribution in [2.45, 2.75) is 38.8 Å². The van der Waals surface area contributed by atoms with Gasteiger partial charge in [0.25, 0.3) is 0 Å². The number of hydrogen-bond donors (Lipinski definition) is 2. The van der Waals surface area contributed by atoms with E-state index in [-0.39, 0.29) is 5.54 Å². The molecule has 1 heterocycles. The van der Waals surface area contributed by atoms with Gasteiger partial charge in [-0.15, -0.1) is 11.3 Å². The van der Waals surface area contributed by atoms with Crippen LogP contribution in [-0.2, 0) is 6.42 Å². The molecule has 6 heteroatoms. The minimum atomic E-state index is -0.654. The molecule has 0 aliphatic carbocycles. The van der Waals surface area contributed by atoms with Crippen LogP contribution in [0.2, 0.25) is 0 Å². The van der Waals surface area contributed by atoms with Crippen molar-refractivity contribution in [1.82, 2.24) is 10.3 Å². The summed E-state index contributed by atoms with van der Waals surface area (Å²) >= 11 is 1.41. The van der Waals surface area contributed by atoms with E-state index in [1.54, 1.807) is 24.4 Å². The van der Waals surface area contributed by atoms with E-state index >= 15 is 0 Å². The van der Waals surface area contributed by atoms with Gasteiger partial charge in [0.2, 0.25) is 0 Å². The number of amides is 1. The molecule has 0 bridgehead atoms. The molecule has 0 saturated carbocycles. The van der Waals surface area contributed by atoms with Crippen LogP contribution in [-0.4, -0.2) is 21.7 Å². The van der Waals surface area contributed by atoms with Crippen molar-refractivity contribution in [2.75, 3.05) is 0 Å². The topological polar surface area (TPSA) is 71.5 Å². The van der Waals surface area contributed by atoms with E-state index in [1.807, 2.05) is 32.2 Å². The molecule has 0 fully saturated rings. The molecule has 1 aromatic heterocycles. The molecule has 22 heavy (non-hydrogen) atoms. The number of thiazole rings is 1. The fourth-order valence-corrected chi connectivity index (χ4v) is 2.51. The molecule has 2 aromatic rings. The van der Waals surface area contributed by atoms with Gasteiger partial charge >= 0.3 is 6.09 Å². The fourth-order valence-electron chi connectivity index (χ4n) is 1.88. The molecule has 1 aromatic carbocycles. The van der Waals surface area contributed by atoms with E-state index in [4.69, 9.17) is 4.74 Å². The summed E-state index contributed by atoms with van der Waals surface area (Å²) in [5.41, 5.74) is 0.527. The quantitative estimate of drug-likeness (QED) is 0.906. The molecular formula is C16H20N2O3S. The minimum Gasteiger partial charge on any atom is -0.410 e. The van der Waals surface area contributed by atoms with E-state index in [0.29, 0.717) is 17.2 Å². The lowest BCUT2D eigenvalue weighted by Gasteiger charge is -2.20. The van der Waals surface area contributed by atoms with Crippen LogP contribution < -0.4 is 10.1 Å². The zero-order valence-corrected chi connectivity index (χ0v) is 13.7. The lowest BCUT2D eigenvalue weighted by atomic mass is 10.1. The molecule has 0 saturated heterocycles. The zero-order chi connectivity index (χ0) is 16.2. The molecule has 1 atom stereocenters. The third kappa shape index (κ3) is 5.13. The van der Waals surface area contributed by atoms with Gasteiger partial charge in [0.15, 0.2) is 0 Å². The van der Waals surface area contributed by atoms with Crippen LogP contribution in [0.1, 0.15) is 37.4 Å². The van der Waals surface area contributed by atoms with E-state index in [1.165, 1.54) is 11.3 Å². The molecule has 1 amide bonds. The highest BCUT2D eigenvalue weighted by atomic mass is 32.1. The summed E-state index contributed by atoms with van der Waals surface area (Å²) in [5, 5.41) is 15.4. The number of ether oxygens (including phenoxy) is 1. The highest BCUT2D eigenvalue weighted by molar-refractivity contribution is 7.09. The van der Waals surface area contributed by atoms with Crippen LogP contribution in [0.15, 0.2) is 35.8 Å². The first-order valence-electron chi connectivity index (χ1n) is 7.00. The number of nitrogens with zero attached hydrogens (tertiary/aromatic N) is 1. The standard InChI is InChI=1S/C16H20N2O3S/c1-16(2,3)18-15(20)21-12-6-4-5-11(9-12)10-13(19)14-17-7-8-22-14/h4-9,13,19H,10H2,1-3H3,(H,18,20)/t13-/m1/s1. The second-order valence-corrected chi connectivity index (χ2v) is 6.93. The Hall–Kier alpha value is -1.92. The van der Waals surface area contributed by atoms with E-state index < -0.39 is 12.2 Å². The highest BCUT2D eigenvalue weighted by Crippen LogP contribution is 2.22. The fraction of sp³-hybridized carbons (Fsp3) is 0.375. The van der Waals surface area contributed by atoms with Crippen LogP contribution in [0.5, 0.6) is 5.75 Å². The van der Waals surface area contributed by atoms with E-state index in [9.17, 15) is 9.90 Å². The maximum Gasteiger partial charge on any atom is 0.413 e. The van der Waals surface area contributed by atoms with Gasteiger partial charge in [-0.3, -0.25) is 0 Å². The number of aromatic nitrogens is 1. The highest BCUT2D eigenvalue weighted by Gasteiger charge is 2.16. The van der Waals surface area contributed by atoms with Crippen molar-refractivity contribution in [3.8, 4) is 5.75 Å². The van der Waals surface area contributed by atoms with Gasteiger partial charge < -0.3 is 15.2 Å². The Morgan fingerprint density at radius 3 is 2.86 bits per heavy atom. The van der Waals surface area contributed by atoms with Crippen molar-refractivity contribution >= 4 is 17.4 Å². The number of nitrogens with one attached hydrogen (secondary N) is 1. The number of carbonyl (C=O) groups is 1. The molecule has 0 radical (unpaired) electrons. The molecule has 0 unspecified atom stereocenters. The van der Waals surface area contributed by atoms with Crippen molar-refractivity contribution in [2.24, 2.45) is 0 Å². The molecule has 0 aliphatic rings. The van der Waals surface area contributed by atoms with Crippen molar-refractivity contribution in [1.29, 1.82) is 0 Å². The summed E-state index contributed by atoms with van der Waals surface area (Å²) in [4.78, 5) is 15.9. The number of hydrogen-bond acceptors (Lipinski definition) is 5. The number of carbonyl (C=O) groups excluding carboxylic acids is 1. The van der Waals surface area contributed by atoms with Gasteiger partial charge in [-0.1, -0.05) is 12.1 Å². The SMILES string of the molecule is CC(C)(C)NC(=O)Oc1cccc(C[C@@H](O)c2nccs2)c1. The Balaban J connectivity index is 1.99. The predicted octanol–water partition coefficient (Wildman–Crippen LogP) is 3.31. The van der Waals surface area contributed by atoms with Crippen molar-refractivity contribution < 1.29 is 14.6 Å². The van der Waals surface area contributed by atoms with Gasteiger partial charge in [-0.25, -0.2) is 9.78 Å². The number of benzene rings is 1. The molecule has 2 N–H and O–H groups in total. The first kappa shape index (κ1) is 16.5. The smallest absolute Gasteiger partial charge is 0.410 e. The summed E-state index contributed by atoms with van der Waals surface area (Å²) in [6.45, 7) is 5.65. The van der Waals surface area contributed by atoms with Gasteiger partial charge in [-0.2, -0.15) is 0 Å². The van der Waals surface area contributed by atoms with Gasteiger partial charge in [0, 0.05) is 23.5 Å². The van der Waals surface area contributed by atoms with Crippen molar-refractivity contribution in [3.05, 3.63) is 46.4 Å². The molecule has 0 spiro atoms. The summed E-state index contributed by atoms with van der Waals surface area (Å²) in [7, 11) is 0. The molecule has 5 nitrogen and oxygen atoms in total. The lowest BCUT2D eigenvalue weighted by Crippen LogP contribution is -2.42. The van der Waals surface area contributed by atoms with Crippen LogP contribution in [0.4, 0.5) is 4.79 Å². The molecule has 118 valence electrons. The van der Waals surface area contributed by atoms with Crippen LogP contribution in [0.25, 0.3) is 0 Å². The third-order valence-corrected chi connectivity index (χ3v) is 3.63. The Morgan fingerprint density at radius 2 is 2.23 bits per heavy atom. The second kappa shape index (κ2) is 6.89. The predicted molar refractivity (Wildman–Crippen MR) is 86.1 cm³/mol. The van der Waals surface area contributed by atoms with Gasteiger partial charge in [-0.05, 0) is 38.5 Å². The first-order valence-corrected chi connectivity index (χ1v) is 7.88. The zero-order valence-electron chi connectivity index (χ0n) is 12.9. The average Bonchev–Trinajstić information content (AvgIpc) is 2.90. The summed E-state index contributed by atoms with van der Waals surface area (Å²) in [6, 6.07) is 7.13. The summed E-state index contributed by atoms with van der Waals surface area (Å²) < 4.78 is 5.26. The van der Waals surface area contributed by atoms with Gasteiger partial charge in [0.05, 0.1) is 0 Å². The number of rotatable bonds is 4. The van der Waals surface area contributed by atoms with Crippen LogP contribution in [0, 0.1) is 0 Å². The molecular weight excluding hydrogens is 300 g/mol. The Labute approximate surface area is 134 Å². The average molecular weight is 320 g/mol. The Bertz CT molecular complexity index is 621. The number of aliphatic hydroxyl groups excluding tert-OH is 1. The maximum atomic E-state index is 11.8. The Morgan fingerprint density at radius 1 is 1.45 bits per heavy atom. The second-order valence-electron chi connectivity index (χ2n) is 6.00. The molecule has 2 rings (SSSR count). The molecule has 0 aliphatic heterocycles. The third-order valence-electron chi connectivity index (χ3n) is 2.75. The maximum absolute atomic E-state index is 11.8. The monoisotopic (exact) mass is 320 g/mol. The lowest BCUT2D eigenvalue weighted by molar-refractivity contribution is 0.178. The van der Waals surface area contributed by atoms with Crippen LogP contribution in [0.3, 0.4) is 0 Å². The van der Waals surface area contributed by atoms with Crippen LogP contribution >= 0.6 is 11.3 Å². The minimum absolute atomic E-state index is 0.351.